The Bertz CT molecular complexity index is 1710. The third kappa shape index (κ3) is 3.78. The first-order chi connectivity index (χ1) is 17.8. The van der Waals surface area contributed by atoms with E-state index >= 15 is 0 Å². The normalized spacial score (nSPS) is 16.8. The highest BCUT2D eigenvalue weighted by atomic mass is 35.5. The lowest BCUT2D eigenvalue weighted by atomic mass is 10.0. The van der Waals surface area contributed by atoms with Crippen LogP contribution in [0.4, 0.5) is 14.5 Å². The molecule has 3 N–H and O–H groups in total. The van der Waals surface area contributed by atoms with E-state index in [4.69, 9.17) is 17.3 Å². The maximum atomic E-state index is 14.5. The van der Waals surface area contributed by atoms with Crippen LogP contribution in [0.5, 0.6) is 0 Å². The smallest absolute Gasteiger partial charge is 0.252 e. The minimum atomic E-state index is -1.11. The van der Waals surface area contributed by atoms with E-state index in [9.17, 15) is 13.6 Å². The summed E-state index contributed by atoms with van der Waals surface area (Å²) in [6.45, 7) is 2.01. The topological polar surface area (TPSA) is 120 Å². The number of tetrazole rings is 1. The summed E-state index contributed by atoms with van der Waals surface area (Å²) in [4.78, 5) is 20.9. The van der Waals surface area contributed by atoms with E-state index < -0.39 is 17.7 Å². The second kappa shape index (κ2) is 8.63. The van der Waals surface area contributed by atoms with Gasteiger partial charge >= 0.3 is 0 Å². The van der Waals surface area contributed by atoms with E-state index in [-0.39, 0.29) is 22.7 Å². The average molecular weight is 521 g/mol. The molecule has 1 aliphatic heterocycles. The Morgan fingerprint density at radius 2 is 1.95 bits per heavy atom. The van der Waals surface area contributed by atoms with Crippen LogP contribution in [0.15, 0.2) is 59.8 Å². The molecule has 0 fully saturated rings. The standard InChI is InChI=1S/C25H19ClF2N8O/c1-12-6-15-7-13(17-9-14(26)2-5-20(17)35-11-31-33-34-35)8-21(37)36(15)24(12)25-30-10-19(32-25)16-3-4-18(29)23(28)22(16)27/h2-5,7-12,24H,6,29H2,1H3,(H,30,32)/t12-,24-/m0/s1. The van der Waals surface area contributed by atoms with Crippen molar-refractivity contribution in [3.05, 3.63) is 93.5 Å². The van der Waals surface area contributed by atoms with Crippen LogP contribution < -0.4 is 11.3 Å². The van der Waals surface area contributed by atoms with E-state index in [1.165, 1.54) is 35.4 Å². The van der Waals surface area contributed by atoms with Crippen molar-refractivity contribution in [1.82, 2.24) is 34.7 Å². The number of imidazole rings is 1. The summed E-state index contributed by atoms with van der Waals surface area (Å²) < 4.78 is 31.7. The summed E-state index contributed by atoms with van der Waals surface area (Å²) >= 11 is 6.28. The molecule has 12 heteroatoms. The summed E-state index contributed by atoms with van der Waals surface area (Å²) in [7, 11) is 0. The molecular formula is C25H19ClF2N8O. The summed E-state index contributed by atoms with van der Waals surface area (Å²) in [6.07, 6.45) is 3.50. The molecule has 0 unspecified atom stereocenters. The largest absolute Gasteiger partial charge is 0.396 e. The van der Waals surface area contributed by atoms with Gasteiger partial charge in [-0.15, -0.1) is 5.10 Å². The molecule has 2 atom stereocenters. The fourth-order valence-electron chi connectivity index (χ4n) is 4.96. The Kier molecular flexibility index (Phi) is 5.37. The lowest BCUT2D eigenvalue weighted by Crippen LogP contribution is -2.25. The fraction of sp³-hybridized carbons (Fsp3) is 0.160. The van der Waals surface area contributed by atoms with Gasteiger partial charge in [0.1, 0.15) is 12.2 Å². The SMILES string of the molecule is C[C@H]1Cc2cc(-c3cc(Cl)ccc3-n3cnnn3)cc(=O)n2[C@@H]1c1ncc(-c2ccc(N)c(F)c2F)[nH]1. The van der Waals surface area contributed by atoms with E-state index in [1.54, 1.807) is 22.8 Å². The molecule has 37 heavy (non-hydrogen) atoms. The number of benzene rings is 2. The molecule has 2 aromatic carbocycles. The zero-order valence-electron chi connectivity index (χ0n) is 19.4. The molecule has 0 saturated carbocycles. The summed E-state index contributed by atoms with van der Waals surface area (Å²) in [5, 5.41) is 11.9. The van der Waals surface area contributed by atoms with Crippen molar-refractivity contribution < 1.29 is 8.78 Å². The highest BCUT2D eigenvalue weighted by Gasteiger charge is 2.34. The summed E-state index contributed by atoms with van der Waals surface area (Å²) in [5.74, 6) is -1.69. The number of nitrogens with zero attached hydrogens (tertiary/aromatic N) is 6. The third-order valence-electron chi connectivity index (χ3n) is 6.64. The summed E-state index contributed by atoms with van der Waals surface area (Å²) in [6, 6.07) is 11.0. The molecule has 0 bridgehead atoms. The van der Waals surface area contributed by atoms with Crippen LogP contribution in [0.1, 0.15) is 24.5 Å². The van der Waals surface area contributed by atoms with E-state index in [0.29, 0.717) is 39.8 Å². The maximum Gasteiger partial charge on any atom is 0.252 e. The number of aromatic amines is 1. The first-order valence-corrected chi connectivity index (χ1v) is 11.8. The molecule has 0 spiro atoms. The zero-order valence-corrected chi connectivity index (χ0v) is 20.1. The molecular weight excluding hydrogens is 502 g/mol. The first kappa shape index (κ1) is 23.0. The second-order valence-electron chi connectivity index (χ2n) is 9.00. The van der Waals surface area contributed by atoms with Crippen molar-refractivity contribution in [2.75, 3.05) is 5.73 Å². The highest BCUT2D eigenvalue weighted by Crippen LogP contribution is 2.37. The molecule has 9 nitrogen and oxygen atoms in total. The lowest BCUT2D eigenvalue weighted by Gasteiger charge is -2.17. The monoisotopic (exact) mass is 520 g/mol. The van der Waals surface area contributed by atoms with Gasteiger partial charge in [-0.25, -0.2) is 13.8 Å². The second-order valence-corrected chi connectivity index (χ2v) is 9.43. The maximum absolute atomic E-state index is 14.5. The number of hydrogen-bond acceptors (Lipinski definition) is 6. The lowest BCUT2D eigenvalue weighted by molar-refractivity contribution is 0.449. The summed E-state index contributed by atoms with van der Waals surface area (Å²) in [5.41, 5.74) is 8.13. The van der Waals surface area contributed by atoms with Crippen molar-refractivity contribution in [2.45, 2.75) is 19.4 Å². The van der Waals surface area contributed by atoms with Gasteiger partial charge in [-0.2, -0.15) is 4.68 Å². The Balaban J connectivity index is 1.42. The van der Waals surface area contributed by atoms with Crippen LogP contribution in [0.25, 0.3) is 28.1 Å². The van der Waals surface area contributed by atoms with Gasteiger partial charge in [0.25, 0.3) is 5.56 Å². The van der Waals surface area contributed by atoms with E-state index in [1.807, 2.05) is 13.0 Å². The number of nitrogens with one attached hydrogen (secondary N) is 1. The number of H-pyrrole nitrogens is 1. The van der Waals surface area contributed by atoms with Gasteiger partial charge in [0, 0.05) is 27.9 Å². The van der Waals surface area contributed by atoms with Crippen molar-refractivity contribution in [2.24, 2.45) is 5.92 Å². The molecule has 0 saturated heterocycles. The number of rotatable bonds is 4. The van der Waals surface area contributed by atoms with Gasteiger partial charge in [0.2, 0.25) is 0 Å². The number of nitrogens with two attached hydrogens (primary N) is 1. The number of aromatic nitrogens is 7. The Hall–Kier alpha value is -4.38. The van der Waals surface area contributed by atoms with Crippen LogP contribution in [0.2, 0.25) is 5.02 Å². The number of hydrogen-bond donors (Lipinski definition) is 2. The third-order valence-corrected chi connectivity index (χ3v) is 6.87. The highest BCUT2D eigenvalue weighted by molar-refractivity contribution is 6.31. The first-order valence-electron chi connectivity index (χ1n) is 11.4. The van der Waals surface area contributed by atoms with Gasteiger partial charge in [0.15, 0.2) is 11.6 Å². The number of nitrogen functional groups attached to an aromatic ring is 1. The van der Waals surface area contributed by atoms with Gasteiger partial charge in [-0.3, -0.25) is 4.79 Å². The van der Waals surface area contributed by atoms with Crippen LogP contribution in [0, 0.1) is 17.6 Å². The predicted octanol–water partition coefficient (Wildman–Crippen LogP) is 4.18. The number of halogens is 3. The quantitative estimate of drug-likeness (QED) is 0.343. The van der Waals surface area contributed by atoms with Crippen molar-refractivity contribution in [1.29, 1.82) is 0 Å². The molecule has 0 aliphatic carbocycles. The predicted molar refractivity (Wildman–Crippen MR) is 133 cm³/mol. The van der Waals surface area contributed by atoms with Gasteiger partial charge in [0.05, 0.1) is 29.3 Å². The van der Waals surface area contributed by atoms with Crippen molar-refractivity contribution in [3.8, 4) is 28.1 Å². The molecule has 0 amide bonds. The minimum absolute atomic E-state index is 0.00768. The average Bonchev–Trinajstić information content (AvgIpc) is 3.62. The van der Waals surface area contributed by atoms with E-state index in [2.05, 4.69) is 25.5 Å². The molecule has 5 aromatic rings. The van der Waals surface area contributed by atoms with Gasteiger partial charge < -0.3 is 15.3 Å². The van der Waals surface area contributed by atoms with Crippen molar-refractivity contribution >= 4 is 17.3 Å². The molecule has 186 valence electrons. The fourth-order valence-corrected chi connectivity index (χ4v) is 5.13. The van der Waals surface area contributed by atoms with Crippen LogP contribution in [0.3, 0.4) is 0 Å². The van der Waals surface area contributed by atoms with Gasteiger partial charge in [-0.1, -0.05) is 18.5 Å². The Morgan fingerprint density at radius 1 is 1.11 bits per heavy atom. The van der Waals surface area contributed by atoms with Crippen LogP contribution >= 0.6 is 11.6 Å². The Morgan fingerprint density at radius 3 is 2.73 bits per heavy atom. The van der Waals surface area contributed by atoms with Gasteiger partial charge in [-0.05, 0) is 64.7 Å². The number of anilines is 1. The molecule has 0 radical (unpaired) electrons. The Labute approximate surface area is 213 Å². The molecule has 1 aliphatic rings. The molecule has 3 aromatic heterocycles. The van der Waals surface area contributed by atoms with Crippen LogP contribution in [-0.4, -0.2) is 34.7 Å². The zero-order chi connectivity index (χ0) is 25.8. The molecule has 4 heterocycles. The number of fused-ring (bicyclic) bond motifs is 1. The molecule has 6 rings (SSSR count). The minimum Gasteiger partial charge on any atom is -0.396 e. The van der Waals surface area contributed by atoms with Crippen molar-refractivity contribution in [3.63, 3.8) is 0 Å². The van der Waals surface area contributed by atoms with Crippen LogP contribution in [-0.2, 0) is 6.42 Å². The van der Waals surface area contributed by atoms with E-state index in [0.717, 1.165) is 5.69 Å². The number of pyridine rings is 1.